The highest BCUT2D eigenvalue weighted by Gasteiger charge is 2.36. The molecule has 1 aliphatic heterocycles. The van der Waals surface area contributed by atoms with Gasteiger partial charge < -0.3 is 14.0 Å². The second-order valence-electron chi connectivity index (χ2n) is 7.91. The Hall–Kier alpha value is -2.74. The van der Waals surface area contributed by atoms with Crippen LogP contribution in [0.2, 0.25) is 0 Å². The summed E-state index contributed by atoms with van der Waals surface area (Å²) in [5.74, 6) is 1.34. The molecule has 7 nitrogen and oxygen atoms in total. The summed E-state index contributed by atoms with van der Waals surface area (Å²) in [6, 6.07) is 6.18. The topological polar surface area (TPSA) is 58.8 Å². The second-order valence-corrected chi connectivity index (χ2v) is 7.91. The largest absolute Gasteiger partial charge is 0.481 e. The number of aromatic nitrogens is 4. The lowest BCUT2D eigenvalue weighted by Crippen LogP contribution is -2.46. The molecule has 152 valence electrons. The van der Waals surface area contributed by atoms with Gasteiger partial charge in [0.1, 0.15) is 23.6 Å². The van der Waals surface area contributed by atoms with Crippen LogP contribution in [0.4, 0.5) is 10.2 Å². The van der Waals surface area contributed by atoms with Crippen LogP contribution in [0.25, 0.3) is 5.65 Å². The average Bonchev–Trinajstić information content (AvgIpc) is 3.49. The fourth-order valence-electron chi connectivity index (χ4n) is 4.29. The van der Waals surface area contributed by atoms with Gasteiger partial charge in [0.25, 0.3) is 0 Å². The van der Waals surface area contributed by atoms with E-state index >= 15 is 0 Å². The van der Waals surface area contributed by atoms with E-state index in [1.54, 1.807) is 23.9 Å². The van der Waals surface area contributed by atoms with Crippen LogP contribution in [0.5, 0.6) is 5.88 Å². The van der Waals surface area contributed by atoms with Gasteiger partial charge >= 0.3 is 0 Å². The Bertz CT molecular complexity index is 996. The maximum Gasteiger partial charge on any atom is 0.218 e. The number of methoxy groups -OCH3 is 1. The summed E-state index contributed by atoms with van der Waals surface area (Å²) in [5.41, 5.74) is 1.77. The van der Waals surface area contributed by atoms with Crippen molar-refractivity contribution in [2.45, 2.75) is 44.3 Å². The number of halogens is 1. The molecule has 0 radical (unpaired) electrons. The van der Waals surface area contributed by atoms with E-state index in [0.29, 0.717) is 18.0 Å². The van der Waals surface area contributed by atoms with Crippen molar-refractivity contribution in [2.75, 3.05) is 25.1 Å². The number of likely N-dealkylation sites (tertiary alicyclic amines) is 1. The highest BCUT2D eigenvalue weighted by molar-refractivity contribution is 5.45. The molecule has 0 unspecified atom stereocenters. The first-order valence-corrected chi connectivity index (χ1v) is 10.2. The summed E-state index contributed by atoms with van der Waals surface area (Å²) in [5, 5.41) is 0. The third-order valence-corrected chi connectivity index (χ3v) is 5.84. The van der Waals surface area contributed by atoms with E-state index < -0.39 is 0 Å². The monoisotopic (exact) mass is 396 g/mol. The van der Waals surface area contributed by atoms with Crippen LogP contribution >= 0.6 is 0 Å². The minimum absolute atomic E-state index is 0.246. The summed E-state index contributed by atoms with van der Waals surface area (Å²) in [6.07, 6.45) is 9.62. The van der Waals surface area contributed by atoms with E-state index in [1.165, 1.54) is 25.1 Å². The molecule has 2 fully saturated rings. The molecule has 0 atom stereocenters. The molecule has 0 bridgehead atoms. The van der Waals surface area contributed by atoms with Gasteiger partial charge in [-0.2, -0.15) is 0 Å². The first-order chi connectivity index (χ1) is 14.2. The third kappa shape index (κ3) is 3.89. The molecule has 3 aromatic heterocycles. The number of hydrogen-bond acceptors (Lipinski definition) is 6. The van der Waals surface area contributed by atoms with Crippen LogP contribution in [-0.2, 0) is 6.54 Å². The summed E-state index contributed by atoms with van der Waals surface area (Å²) in [4.78, 5) is 18.2. The van der Waals surface area contributed by atoms with Crippen molar-refractivity contribution in [3.8, 4) is 5.88 Å². The maximum absolute atomic E-state index is 13.4. The minimum Gasteiger partial charge on any atom is -0.481 e. The van der Waals surface area contributed by atoms with Gasteiger partial charge in [-0.15, -0.1) is 0 Å². The van der Waals surface area contributed by atoms with Crippen LogP contribution in [0.15, 0.2) is 36.9 Å². The predicted molar refractivity (Wildman–Crippen MR) is 108 cm³/mol. The zero-order chi connectivity index (χ0) is 19.8. The number of piperidine rings is 1. The highest BCUT2D eigenvalue weighted by Crippen LogP contribution is 2.36. The molecule has 1 aliphatic carbocycles. The van der Waals surface area contributed by atoms with E-state index in [-0.39, 0.29) is 5.82 Å². The van der Waals surface area contributed by atoms with Crippen LogP contribution in [0.3, 0.4) is 0 Å². The molecule has 0 spiro atoms. The Morgan fingerprint density at radius 3 is 2.66 bits per heavy atom. The van der Waals surface area contributed by atoms with Gasteiger partial charge in [-0.1, -0.05) is 0 Å². The molecule has 29 heavy (non-hydrogen) atoms. The van der Waals surface area contributed by atoms with Crippen molar-refractivity contribution in [3.05, 3.63) is 48.4 Å². The van der Waals surface area contributed by atoms with Crippen LogP contribution in [0.1, 0.15) is 31.4 Å². The summed E-state index contributed by atoms with van der Waals surface area (Å²) in [6.45, 7) is 2.82. The van der Waals surface area contributed by atoms with Crippen LogP contribution in [0, 0.1) is 5.82 Å². The maximum atomic E-state index is 13.4. The standard InChI is InChI=1S/C21H25FN6O/c1-29-21-10-20(23-14-24-21)28(17-3-4-17)18-6-8-26(9-7-18)12-16-13-27-11-15(22)2-5-19(27)25-16/h2,5,10-11,13-14,17-18H,3-4,6-9,12H2,1H3. The Balaban J connectivity index is 1.25. The Labute approximate surface area is 169 Å². The molecule has 3 aromatic rings. The number of ether oxygens (including phenoxy) is 1. The van der Waals surface area contributed by atoms with E-state index in [2.05, 4.69) is 24.8 Å². The fraction of sp³-hybridized carbons (Fsp3) is 0.476. The van der Waals surface area contributed by atoms with E-state index in [1.807, 2.05) is 12.3 Å². The molecular weight excluding hydrogens is 371 g/mol. The van der Waals surface area contributed by atoms with Gasteiger partial charge in [-0.05, 0) is 37.8 Å². The van der Waals surface area contributed by atoms with E-state index in [9.17, 15) is 4.39 Å². The lowest BCUT2D eigenvalue weighted by molar-refractivity contribution is 0.198. The van der Waals surface area contributed by atoms with Crippen molar-refractivity contribution >= 4 is 11.5 Å². The highest BCUT2D eigenvalue weighted by atomic mass is 19.1. The SMILES string of the molecule is COc1cc(N(C2CC2)C2CCN(Cc3cn4cc(F)ccc4n3)CC2)ncn1. The van der Waals surface area contributed by atoms with Gasteiger partial charge in [0, 0.05) is 50.2 Å². The Kier molecular flexibility index (Phi) is 4.79. The normalized spacial score (nSPS) is 18.3. The third-order valence-electron chi connectivity index (χ3n) is 5.84. The number of nitrogens with zero attached hydrogens (tertiary/aromatic N) is 6. The molecular formula is C21H25FN6O. The second kappa shape index (κ2) is 7.59. The summed E-state index contributed by atoms with van der Waals surface area (Å²) >= 11 is 0. The smallest absolute Gasteiger partial charge is 0.218 e. The Morgan fingerprint density at radius 1 is 1.10 bits per heavy atom. The van der Waals surface area contributed by atoms with Crippen molar-refractivity contribution in [1.29, 1.82) is 0 Å². The van der Waals surface area contributed by atoms with Gasteiger partial charge in [-0.25, -0.2) is 19.3 Å². The molecule has 8 heteroatoms. The van der Waals surface area contributed by atoms with Crippen LogP contribution < -0.4 is 9.64 Å². The molecule has 0 aromatic carbocycles. The lowest BCUT2D eigenvalue weighted by atomic mass is 10.0. The molecule has 2 aliphatic rings. The van der Waals surface area contributed by atoms with E-state index in [4.69, 9.17) is 4.74 Å². The van der Waals surface area contributed by atoms with Crippen molar-refractivity contribution in [2.24, 2.45) is 0 Å². The number of imidazole rings is 1. The van der Waals surface area contributed by atoms with Crippen LogP contribution in [-0.4, -0.2) is 56.5 Å². The van der Waals surface area contributed by atoms with Gasteiger partial charge in [0.15, 0.2) is 0 Å². The molecule has 5 rings (SSSR count). The molecule has 0 amide bonds. The lowest BCUT2D eigenvalue weighted by Gasteiger charge is -2.39. The molecule has 1 saturated carbocycles. The van der Waals surface area contributed by atoms with E-state index in [0.717, 1.165) is 49.6 Å². The van der Waals surface area contributed by atoms with Gasteiger partial charge in [0.2, 0.25) is 5.88 Å². The summed E-state index contributed by atoms with van der Waals surface area (Å²) in [7, 11) is 1.64. The Morgan fingerprint density at radius 2 is 1.90 bits per heavy atom. The molecule has 1 saturated heterocycles. The van der Waals surface area contributed by atoms with Gasteiger partial charge in [-0.3, -0.25) is 4.90 Å². The zero-order valence-corrected chi connectivity index (χ0v) is 16.5. The number of hydrogen-bond donors (Lipinski definition) is 0. The first kappa shape index (κ1) is 18.3. The zero-order valence-electron chi connectivity index (χ0n) is 16.5. The number of fused-ring (bicyclic) bond motifs is 1. The fourth-order valence-corrected chi connectivity index (χ4v) is 4.29. The van der Waals surface area contributed by atoms with Crippen molar-refractivity contribution in [1.82, 2.24) is 24.3 Å². The van der Waals surface area contributed by atoms with Crippen molar-refractivity contribution < 1.29 is 9.13 Å². The predicted octanol–water partition coefficient (Wildman–Crippen LogP) is 2.91. The summed E-state index contributed by atoms with van der Waals surface area (Å²) < 4.78 is 20.4. The quantitative estimate of drug-likeness (QED) is 0.639. The van der Waals surface area contributed by atoms with Gasteiger partial charge in [0.05, 0.1) is 12.8 Å². The van der Waals surface area contributed by atoms with Crippen molar-refractivity contribution in [3.63, 3.8) is 0 Å². The molecule has 4 heterocycles. The number of pyridine rings is 1. The average molecular weight is 396 g/mol. The minimum atomic E-state index is -0.246. The number of rotatable bonds is 6. The number of anilines is 1. The first-order valence-electron chi connectivity index (χ1n) is 10.2. The molecule has 0 N–H and O–H groups in total.